The third-order valence-electron chi connectivity index (χ3n) is 6.99. The first-order valence-electron chi connectivity index (χ1n) is 10.3. The number of carbonyl (C=O) groups is 4. The third-order valence-corrected chi connectivity index (χ3v) is 6.99. The van der Waals surface area contributed by atoms with Crippen LogP contribution in [0.2, 0.25) is 0 Å². The van der Waals surface area contributed by atoms with Gasteiger partial charge in [0, 0.05) is 17.1 Å². The highest BCUT2D eigenvalue weighted by Crippen LogP contribution is 2.52. The molecule has 10 nitrogen and oxygen atoms in total. The Morgan fingerprint density at radius 3 is 2.33 bits per heavy atom. The molecule has 4 atom stereocenters. The third kappa shape index (κ3) is 2.87. The van der Waals surface area contributed by atoms with E-state index in [1.54, 1.807) is 14.1 Å². The van der Waals surface area contributed by atoms with Crippen molar-refractivity contribution >= 4 is 23.3 Å². The number of allylic oxidation sites excluding steroid dienone is 1. The van der Waals surface area contributed by atoms with Crippen molar-refractivity contribution in [3.8, 4) is 5.75 Å². The van der Waals surface area contributed by atoms with E-state index in [1.807, 2.05) is 0 Å². The Balaban J connectivity index is 1.99. The van der Waals surface area contributed by atoms with E-state index >= 15 is 0 Å². The molecule has 0 saturated carbocycles. The number of nitrogens with zero attached hydrogens (tertiary/aromatic N) is 1. The van der Waals surface area contributed by atoms with Gasteiger partial charge < -0.3 is 26.2 Å². The van der Waals surface area contributed by atoms with Gasteiger partial charge in [0.25, 0.3) is 5.91 Å². The normalized spacial score (nSPS) is 29.1. The minimum absolute atomic E-state index is 0.0290. The molecule has 1 unspecified atom stereocenters. The van der Waals surface area contributed by atoms with Crippen LogP contribution in [0.1, 0.15) is 39.6 Å². The summed E-state index contributed by atoms with van der Waals surface area (Å²) in [5.41, 5.74) is 1.88. The number of benzene rings is 1. The number of aliphatic hydroxyl groups excluding tert-OH is 2. The molecule has 0 fully saturated rings. The van der Waals surface area contributed by atoms with Crippen LogP contribution in [-0.4, -0.2) is 74.3 Å². The molecule has 1 aromatic rings. The van der Waals surface area contributed by atoms with Crippen LogP contribution in [0.15, 0.2) is 34.8 Å². The van der Waals surface area contributed by atoms with Crippen LogP contribution in [0.25, 0.3) is 0 Å². The zero-order valence-corrected chi connectivity index (χ0v) is 18.2. The van der Waals surface area contributed by atoms with E-state index in [0.29, 0.717) is 5.56 Å². The lowest BCUT2D eigenvalue weighted by Gasteiger charge is -2.50. The monoisotopic (exact) mass is 456 g/mol. The Morgan fingerprint density at radius 1 is 1.15 bits per heavy atom. The van der Waals surface area contributed by atoms with Crippen molar-refractivity contribution in [2.45, 2.75) is 31.4 Å². The molecular formula is C23H24N2O8. The van der Waals surface area contributed by atoms with Crippen LogP contribution in [0.5, 0.6) is 5.75 Å². The second-order valence-corrected chi connectivity index (χ2v) is 9.01. The Morgan fingerprint density at radius 2 is 1.79 bits per heavy atom. The molecule has 33 heavy (non-hydrogen) atoms. The fraction of sp³-hybridized carbons (Fsp3) is 0.391. The molecule has 0 saturated heterocycles. The number of aromatic hydroxyl groups is 1. The molecular weight excluding hydrogens is 432 g/mol. The summed E-state index contributed by atoms with van der Waals surface area (Å²) in [6.45, 7) is 1.33. The van der Waals surface area contributed by atoms with E-state index in [0.717, 1.165) is 0 Å². The van der Waals surface area contributed by atoms with Crippen LogP contribution >= 0.6 is 0 Å². The number of phenolic OH excluding ortho intramolecular Hbond substituents is 1. The Kier molecular flexibility index (Phi) is 4.99. The zero-order chi connectivity index (χ0) is 24.6. The summed E-state index contributed by atoms with van der Waals surface area (Å²) in [5, 5.41) is 43.7. The summed E-state index contributed by atoms with van der Waals surface area (Å²) < 4.78 is 0. The number of fused-ring (bicyclic) bond motifs is 3. The van der Waals surface area contributed by atoms with E-state index in [-0.39, 0.29) is 35.3 Å². The van der Waals surface area contributed by atoms with E-state index in [1.165, 1.54) is 24.0 Å². The summed E-state index contributed by atoms with van der Waals surface area (Å²) in [4.78, 5) is 52.1. The molecule has 10 heteroatoms. The fourth-order valence-electron chi connectivity index (χ4n) is 5.58. The van der Waals surface area contributed by atoms with Crippen LogP contribution in [0, 0.1) is 11.8 Å². The number of hydrogen-bond acceptors (Lipinski definition) is 9. The molecule has 6 N–H and O–H groups in total. The molecule has 4 rings (SSSR count). The van der Waals surface area contributed by atoms with Gasteiger partial charge >= 0.3 is 0 Å². The first-order valence-corrected chi connectivity index (χ1v) is 10.3. The molecule has 0 aliphatic heterocycles. The van der Waals surface area contributed by atoms with Gasteiger partial charge in [-0.05, 0) is 57.5 Å². The maximum atomic E-state index is 13.4. The minimum atomic E-state index is -2.68. The lowest BCUT2D eigenvalue weighted by molar-refractivity contribution is -0.148. The van der Waals surface area contributed by atoms with E-state index < -0.39 is 63.8 Å². The number of Topliss-reactive ketones (excluding diaryl/α,β-unsaturated/α-hetero) is 3. The standard InChI is InChI=1S/C23H24N2O8/c1-8(26)10-4-5-13(27)15-11(10)6-9-7-12-17(25(2)3)19(29)16(22(24)32)21(31)23(12,33)20(30)14(9)18(15)28/h4-5,9,12,17,27,29-30,33H,6-7H2,1-3H3,(H2,24,32)/t9?,12-,17-,23-/m0/s1. The van der Waals surface area contributed by atoms with Gasteiger partial charge in [0.05, 0.1) is 11.6 Å². The summed E-state index contributed by atoms with van der Waals surface area (Å²) in [6.07, 6.45) is 0.0522. The van der Waals surface area contributed by atoms with Crippen molar-refractivity contribution in [1.29, 1.82) is 0 Å². The molecule has 0 heterocycles. The van der Waals surface area contributed by atoms with E-state index in [2.05, 4.69) is 0 Å². The van der Waals surface area contributed by atoms with Crippen molar-refractivity contribution in [2.24, 2.45) is 17.6 Å². The first kappa shape index (κ1) is 22.7. The van der Waals surface area contributed by atoms with Crippen LogP contribution in [0.3, 0.4) is 0 Å². The number of rotatable bonds is 3. The van der Waals surface area contributed by atoms with Gasteiger partial charge in [-0.3, -0.25) is 24.1 Å². The molecule has 1 amide bonds. The lowest BCUT2D eigenvalue weighted by atomic mass is 9.58. The molecule has 174 valence electrons. The van der Waals surface area contributed by atoms with Gasteiger partial charge in [0.1, 0.15) is 22.8 Å². The van der Waals surface area contributed by atoms with Gasteiger partial charge in [-0.2, -0.15) is 0 Å². The summed E-state index contributed by atoms with van der Waals surface area (Å²) in [7, 11) is 3.11. The lowest BCUT2D eigenvalue weighted by Crippen LogP contribution is -2.63. The average molecular weight is 456 g/mol. The van der Waals surface area contributed by atoms with Gasteiger partial charge in [-0.1, -0.05) is 0 Å². The van der Waals surface area contributed by atoms with Gasteiger partial charge in [0.2, 0.25) is 5.78 Å². The van der Waals surface area contributed by atoms with Gasteiger partial charge in [-0.25, -0.2) is 0 Å². The van der Waals surface area contributed by atoms with Crippen LogP contribution in [0.4, 0.5) is 0 Å². The quantitative estimate of drug-likeness (QED) is 0.316. The molecule has 3 aliphatic rings. The SMILES string of the molecule is CC(=O)c1ccc(O)c2c1CC1C[C@H]3[C@H](N(C)C)C(O)=C(C(N)=O)C(=O)[C@@]3(O)C(O)=C1C2=O. The molecule has 0 bridgehead atoms. The smallest absolute Gasteiger partial charge is 0.255 e. The number of primary amides is 1. The fourth-order valence-corrected chi connectivity index (χ4v) is 5.58. The molecule has 0 spiro atoms. The van der Waals surface area contributed by atoms with E-state index in [4.69, 9.17) is 5.73 Å². The summed E-state index contributed by atoms with van der Waals surface area (Å²) >= 11 is 0. The predicted molar refractivity (Wildman–Crippen MR) is 114 cm³/mol. The summed E-state index contributed by atoms with van der Waals surface area (Å²) in [5.74, 6) is -7.49. The number of aliphatic hydroxyl groups is 3. The molecule has 0 aromatic heterocycles. The number of carbonyl (C=O) groups excluding carboxylic acids is 4. The Bertz CT molecular complexity index is 1210. The van der Waals surface area contributed by atoms with Gasteiger partial charge in [-0.15, -0.1) is 0 Å². The molecule has 1 aromatic carbocycles. The minimum Gasteiger partial charge on any atom is -0.510 e. The second kappa shape index (κ2) is 7.26. The average Bonchev–Trinajstić information content (AvgIpc) is 2.70. The van der Waals surface area contributed by atoms with Crippen LogP contribution < -0.4 is 5.73 Å². The Hall–Kier alpha value is -3.50. The number of likely N-dealkylation sites (N-methyl/N-ethyl adjacent to an activating group) is 1. The summed E-state index contributed by atoms with van der Waals surface area (Å²) in [6, 6.07) is 1.55. The Labute approximate surface area is 188 Å². The topological polar surface area (TPSA) is 178 Å². The maximum Gasteiger partial charge on any atom is 0.255 e. The van der Waals surface area contributed by atoms with E-state index in [9.17, 15) is 39.6 Å². The van der Waals surface area contributed by atoms with Gasteiger partial charge in [0.15, 0.2) is 17.2 Å². The van der Waals surface area contributed by atoms with Crippen molar-refractivity contribution < 1.29 is 39.6 Å². The van der Waals surface area contributed by atoms with Crippen molar-refractivity contribution in [2.75, 3.05) is 14.1 Å². The molecule has 0 radical (unpaired) electrons. The highest BCUT2D eigenvalue weighted by Gasteiger charge is 2.63. The zero-order valence-electron chi connectivity index (χ0n) is 18.2. The second-order valence-electron chi connectivity index (χ2n) is 9.01. The largest absolute Gasteiger partial charge is 0.510 e. The van der Waals surface area contributed by atoms with Crippen molar-refractivity contribution in [1.82, 2.24) is 4.90 Å². The number of amides is 1. The number of nitrogens with two attached hydrogens (primary N) is 1. The number of hydrogen-bond donors (Lipinski definition) is 5. The predicted octanol–water partition coefficient (Wildman–Crippen LogP) is 0.323. The molecule has 3 aliphatic carbocycles. The first-order chi connectivity index (χ1) is 15.3. The van der Waals surface area contributed by atoms with Crippen LogP contribution in [-0.2, 0) is 16.0 Å². The maximum absolute atomic E-state index is 13.4. The number of phenols is 1. The van der Waals surface area contributed by atoms with Crippen molar-refractivity contribution in [3.05, 3.63) is 51.5 Å². The highest BCUT2D eigenvalue weighted by atomic mass is 16.3. The van der Waals surface area contributed by atoms with Crippen molar-refractivity contribution in [3.63, 3.8) is 0 Å². The highest BCUT2D eigenvalue weighted by molar-refractivity contribution is 6.25. The number of ketones is 3.